The predicted molar refractivity (Wildman–Crippen MR) is 117 cm³/mol. The first-order valence-electron chi connectivity index (χ1n) is 10.6. The highest BCUT2D eigenvalue weighted by Gasteiger charge is 2.45. The van der Waals surface area contributed by atoms with Gasteiger partial charge in [0.2, 0.25) is 0 Å². The monoisotopic (exact) mass is 407 g/mol. The maximum absolute atomic E-state index is 12.8. The average Bonchev–Trinajstić information content (AvgIpc) is 3.02. The Kier molecular flexibility index (Phi) is 7.28. The van der Waals surface area contributed by atoms with Crippen molar-refractivity contribution in [2.75, 3.05) is 13.2 Å². The van der Waals surface area contributed by atoms with Crippen LogP contribution in [0.5, 0.6) is 5.75 Å². The summed E-state index contributed by atoms with van der Waals surface area (Å²) < 4.78 is 5.78. The van der Waals surface area contributed by atoms with Crippen LogP contribution in [0.3, 0.4) is 0 Å². The summed E-state index contributed by atoms with van der Waals surface area (Å²) >= 11 is 0. The molecule has 0 aliphatic carbocycles. The molecule has 0 bridgehead atoms. The van der Waals surface area contributed by atoms with Crippen LogP contribution in [0.15, 0.2) is 60.2 Å². The molecule has 0 radical (unpaired) electrons. The molecule has 1 aliphatic heterocycles. The zero-order valence-electron chi connectivity index (χ0n) is 17.6. The van der Waals surface area contributed by atoms with Crippen molar-refractivity contribution in [1.82, 2.24) is 4.90 Å². The van der Waals surface area contributed by atoms with E-state index in [1.54, 1.807) is 29.2 Å². The van der Waals surface area contributed by atoms with Crippen molar-refractivity contribution in [3.63, 3.8) is 0 Å². The molecule has 2 aromatic rings. The molecule has 1 atom stereocenters. The fourth-order valence-corrected chi connectivity index (χ4v) is 3.74. The van der Waals surface area contributed by atoms with Crippen LogP contribution >= 0.6 is 0 Å². The number of rotatable bonds is 9. The zero-order valence-corrected chi connectivity index (χ0v) is 17.6. The van der Waals surface area contributed by atoms with E-state index in [0.29, 0.717) is 25.1 Å². The van der Waals surface area contributed by atoms with Crippen LogP contribution in [0.25, 0.3) is 5.76 Å². The van der Waals surface area contributed by atoms with E-state index in [-0.39, 0.29) is 11.3 Å². The Morgan fingerprint density at radius 3 is 2.30 bits per heavy atom. The number of carbonyl (C=O) groups excluding carboxylic acids is 2. The summed E-state index contributed by atoms with van der Waals surface area (Å²) in [7, 11) is 0. The summed E-state index contributed by atoms with van der Waals surface area (Å²) in [6.45, 7) is 5.21. The van der Waals surface area contributed by atoms with Crippen LogP contribution in [-0.4, -0.2) is 34.8 Å². The van der Waals surface area contributed by atoms with Gasteiger partial charge in [-0.2, -0.15) is 0 Å². The molecule has 1 fully saturated rings. The van der Waals surface area contributed by atoms with Gasteiger partial charge in [-0.25, -0.2) is 0 Å². The molecule has 0 saturated carbocycles. The Hall–Kier alpha value is -3.08. The van der Waals surface area contributed by atoms with E-state index in [0.717, 1.165) is 30.6 Å². The standard InChI is InChI=1S/C25H29NO4/c1-3-5-9-17-30-20-14-12-18(13-15-20)22-21(23(27)19-10-7-6-8-11-19)24(28)25(29)26(22)16-4-2/h6-8,10-15,22,27H,3-5,9,16-17H2,1-2H3/b23-21-. The molecule has 1 amide bonds. The van der Waals surface area contributed by atoms with Gasteiger partial charge in [-0.3, -0.25) is 9.59 Å². The number of hydrogen-bond donors (Lipinski definition) is 1. The number of ether oxygens (including phenoxy) is 1. The molecule has 5 nitrogen and oxygen atoms in total. The van der Waals surface area contributed by atoms with E-state index in [1.165, 1.54) is 0 Å². The molecule has 158 valence electrons. The van der Waals surface area contributed by atoms with Gasteiger partial charge in [0.1, 0.15) is 11.5 Å². The number of ketones is 1. The third kappa shape index (κ3) is 4.56. The lowest BCUT2D eigenvalue weighted by Gasteiger charge is -2.25. The van der Waals surface area contributed by atoms with E-state index < -0.39 is 17.7 Å². The number of nitrogens with zero attached hydrogens (tertiary/aromatic N) is 1. The Balaban J connectivity index is 1.95. The summed E-state index contributed by atoms with van der Waals surface area (Å²) in [5.41, 5.74) is 1.44. The van der Waals surface area contributed by atoms with Crippen molar-refractivity contribution >= 4 is 17.4 Å². The van der Waals surface area contributed by atoms with Crippen LogP contribution in [0, 0.1) is 0 Å². The molecule has 5 heteroatoms. The minimum Gasteiger partial charge on any atom is -0.507 e. The smallest absolute Gasteiger partial charge is 0.295 e. The maximum Gasteiger partial charge on any atom is 0.295 e. The van der Waals surface area contributed by atoms with Gasteiger partial charge in [-0.1, -0.05) is 69.2 Å². The van der Waals surface area contributed by atoms with Crippen molar-refractivity contribution in [3.8, 4) is 5.75 Å². The predicted octanol–water partition coefficient (Wildman–Crippen LogP) is 5.09. The Morgan fingerprint density at radius 1 is 0.967 bits per heavy atom. The van der Waals surface area contributed by atoms with Gasteiger partial charge < -0.3 is 14.7 Å². The number of unbranched alkanes of at least 4 members (excludes halogenated alkanes) is 2. The topological polar surface area (TPSA) is 66.8 Å². The fourth-order valence-electron chi connectivity index (χ4n) is 3.74. The third-order valence-corrected chi connectivity index (χ3v) is 5.26. The minimum absolute atomic E-state index is 0.135. The van der Waals surface area contributed by atoms with Gasteiger partial charge in [0.15, 0.2) is 0 Å². The van der Waals surface area contributed by atoms with E-state index in [1.807, 2.05) is 37.3 Å². The van der Waals surface area contributed by atoms with Gasteiger partial charge in [0.25, 0.3) is 11.7 Å². The number of likely N-dealkylation sites (tertiary alicyclic amines) is 1. The number of carbonyl (C=O) groups is 2. The van der Waals surface area contributed by atoms with Crippen LogP contribution in [0.1, 0.15) is 56.7 Å². The van der Waals surface area contributed by atoms with Gasteiger partial charge in [-0.05, 0) is 30.5 Å². The average molecular weight is 408 g/mol. The van der Waals surface area contributed by atoms with Crippen molar-refractivity contribution in [2.45, 2.75) is 45.6 Å². The first-order valence-corrected chi connectivity index (χ1v) is 10.6. The molecule has 0 spiro atoms. The maximum atomic E-state index is 12.8. The van der Waals surface area contributed by atoms with Crippen molar-refractivity contribution in [3.05, 3.63) is 71.3 Å². The van der Waals surface area contributed by atoms with Gasteiger partial charge >= 0.3 is 0 Å². The molecule has 30 heavy (non-hydrogen) atoms. The number of Topliss-reactive ketones (excluding diaryl/α,β-unsaturated/α-hetero) is 1. The molecule has 1 unspecified atom stereocenters. The number of aliphatic hydroxyl groups excluding tert-OH is 1. The Bertz CT molecular complexity index is 903. The third-order valence-electron chi connectivity index (χ3n) is 5.26. The molecule has 0 aromatic heterocycles. The Morgan fingerprint density at radius 2 is 1.67 bits per heavy atom. The normalized spacial score (nSPS) is 18.1. The molecule has 1 N–H and O–H groups in total. The summed E-state index contributed by atoms with van der Waals surface area (Å²) in [4.78, 5) is 27.1. The lowest BCUT2D eigenvalue weighted by molar-refractivity contribution is -0.139. The zero-order chi connectivity index (χ0) is 21.5. The number of benzene rings is 2. The number of aliphatic hydroxyl groups is 1. The molecule has 2 aromatic carbocycles. The second kappa shape index (κ2) is 10.1. The first-order chi connectivity index (χ1) is 14.6. The van der Waals surface area contributed by atoms with Crippen LogP contribution < -0.4 is 4.74 Å². The summed E-state index contributed by atoms with van der Waals surface area (Å²) in [6.07, 6.45) is 3.99. The highest BCUT2D eigenvalue weighted by molar-refractivity contribution is 6.46. The molecule has 1 aliphatic rings. The van der Waals surface area contributed by atoms with Crippen molar-refractivity contribution in [2.24, 2.45) is 0 Å². The van der Waals surface area contributed by atoms with Crippen molar-refractivity contribution in [1.29, 1.82) is 0 Å². The molecule has 1 saturated heterocycles. The molecular formula is C25H29NO4. The lowest BCUT2D eigenvalue weighted by Crippen LogP contribution is -2.30. The first kappa shape index (κ1) is 21.6. The SMILES string of the molecule is CCCCCOc1ccc(C2/C(=C(/O)c3ccccc3)C(=O)C(=O)N2CCC)cc1. The van der Waals surface area contributed by atoms with E-state index >= 15 is 0 Å². The highest BCUT2D eigenvalue weighted by Crippen LogP contribution is 2.39. The van der Waals surface area contributed by atoms with E-state index in [2.05, 4.69) is 6.92 Å². The number of hydrogen-bond acceptors (Lipinski definition) is 4. The quantitative estimate of drug-likeness (QED) is 0.272. The number of amides is 1. The Labute approximate surface area is 178 Å². The largest absolute Gasteiger partial charge is 0.507 e. The molecule has 3 rings (SSSR count). The second-order valence-corrected chi connectivity index (χ2v) is 7.48. The van der Waals surface area contributed by atoms with Crippen LogP contribution in [0.4, 0.5) is 0 Å². The van der Waals surface area contributed by atoms with E-state index in [9.17, 15) is 14.7 Å². The second-order valence-electron chi connectivity index (χ2n) is 7.48. The highest BCUT2D eigenvalue weighted by atomic mass is 16.5. The summed E-state index contributed by atoms with van der Waals surface area (Å²) in [5.74, 6) is -0.600. The molecular weight excluding hydrogens is 378 g/mol. The van der Waals surface area contributed by atoms with Gasteiger partial charge in [0.05, 0.1) is 18.2 Å². The van der Waals surface area contributed by atoms with E-state index in [4.69, 9.17) is 4.74 Å². The lowest BCUT2D eigenvalue weighted by atomic mass is 9.95. The summed E-state index contributed by atoms with van der Waals surface area (Å²) in [6, 6.07) is 15.7. The van der Waals surface area contributed by atoms with Gasteiger partial charge in [-0.15, -0.1) is 0 Å². The minimum atomic E-state index is -0.644. The van der Waals surface area contributed by atoms with Gasteiger partial charge in [0, 0.05) is 12.1 Å². The van der Waals surface area contributed by atoms with Crippen LogP contribution in [0.2, 0.25) is 0 Å². The summed E-state index contributed by atoms with van der Waals surface area (Å²) in [5, 5.41) is 10.9. The fraction of sp³-hybridized carbons (Fsp3) is 0.360. The van der Waals surface area contributed by atoms with Crippen LogP contribution in [-0.2, 0) is 9.59 Å². The molecule has 1 heterocycles. The van der Waals surface area contributed by atoms with Crippen molar-refractivity contribution < 1.29 is 19.4 Å².